The van der Waals surface area contributed by atoms with Crippen LogP contribution in [0.3, 0.4) is 0 Å². The summed E-state index contributed by atoms with van der Waals surface area (Å²) in [5.41, 5.74) is 1.39. The van der Waals surface area contributed by atoms with Gasteiger partial charge in [0.2, 0.25) is 5.91 Å². The monoisotopic (exact) mass is 321 g/mol. The zero-order valence-corrected chi connectivity index (χ0v) is 12.3. The Bertz CT molecular complexity index is 524. The molecule has 1 aromatic carbocycles. The lowest BCUT2D eigenvalue weighted by atomic mass is 10.0. The summed E-state index contributed by atoms with van der Waals surface area (Å²) in [6, 6.07) is 7.84. The predicted molar refractivity (Wildman–Crippen MR) is 77.7 cm³/mol. The second-order valence-corrected chi connectivity index (χ2v) is 5.62. The molecule has 0 aliphatic heterocycles. The first-order chi connectivity index (χ1) is 9.15. The lowest BCUT2D eigenvalue weighted by Gasteiger charge is -2.21. The number of rotatable bonds is 3. The Labute approximate surface area is 121 Å². The van der Waals surface area contributed by atoms with Crippen molar-refractivity contribution < 1.29 is 4.79 Å². The number of nitriles is 1. The number of amides is 1. The molecule has 5 heteroatoms. The van der Waals surface area contributed by atoms with Crippen molar-refractivity contribution in [2.45, 2.75) is 25.3 Å². The number of anilines is 1. The highest BCUT2D eigenvalue weighted by atomic mass is 79.9. The third-order valence-corrected chi connectivity index (χ3v) is 4.04. The van der Waals surface area contributed by atoms with Crippen molar-refractivity contribution in [1.82, 2.24) is 5.32 Å². The van der Waals surface area contributed by atoms with Crippen LogP contribution >= 0.6 is 15.9 Å². The first-order valence-electron chi connectivity index (χ1n) is 6.33. The van der Waals surface area contributed by atoms with Gasteiger partial charge < -0.3 is 10.6 Å². The van der Waals surface area contributed by atoms with E-state index in [1.165, 1.54) is 0 Å². The first-order valence-corrected chi connectivity index (χ1v) is 7.12. The third-order valence-electron chi connectivity index (χ3n) is 3.54. The minimum Gasteiger partial charge on any atom is -0.380 e. The molecule has 1 fully saturated rings. The van der Waals surface area contributed by atoms with Crippen LogP contribution in [0.5, 0.6) is 0 Å². The Balaban J connectivity index is 2.17. The maximum atomic E-state index is 11.8. The van der Waals surface area contributed by atoms with Gasteiger partial charge in [0.15, 0.2) is 0 Å². The summed E-state index contributed by atoms with van der Waals surface area (Å²) < 4.78 is 0.879. The number of hydrogen-bond donors (Lipinski definition) is 2. The molecule has 1 aliphatic carbocycles. The molecule has 19 heavy (non-hydrogen) atoms. The Kier molecular flexibility index (Phi) is 4.43. The molecule has 4 nitrogen and oxygen atoms in total. The Morgan fingerprint density at radius 2 is 2.26 bits per heavy atom. The molecule has 0 aromatic heterocycles. The summed E-state index contributed by atoms with van der Waals surface area (Å²) in [6.07, 6.45) is 2.89. The van der Waals surface area contributed by atoms with Gasteiger partial charge in [-0.3, -0.25) is 4.79 Å². The molecule has 1 aromatic rings. The van der Waals surface area contributed by atoms with Gasteiger partial charge in [-0.15, -0.1) is 0 Å². The van der Waals surface area contributed by atoms with Gasteiger partial charge in [0, 0.05) is 17.6 Å². The lowest BCUT2D eigenvalue weighted by molar-refractivity contribution is -0.124. The summed E-state index contributed by atoms with van der Waals surface area (Å²) in [7, 11) is 1.66. The average molecular weight is 322 g/mol. The Morgan fingerprint density at radius 3 is 2.95 bits per heavy atom. The Hall–Kier alpha value is -1.54. The Morgan fingerprint density at radius 1 is 1.47 bits per heavy atom. The van der Waals surface area contributed by atoms with Crippen LogP contribution in [0.4, 0.5) is 5.69 Å². The maximum absolute atomic E-state index is 11.8. The number of hydrogen-bond acceptors (Lipinski definition) is 3. The van der Waals surface area contributed by atoms with Crippen LogP contribution in [0.15, 0.2) is 22.7 Å². The molecule has 1 amide bonds. The molecule has 0 unspecified atom stereocenters. The largest absolute Gasteiger partial charge is 0.380 e. The first kappa shape index (κ1) is 13.9. The molecular formula is C14H16BrN3O. The van der Waals surface area contributed by atoms with Gasteiger partial charge in [-0.1, -0.05) is 22.4 Å². The molecule has 1 saturated carbocycles. The number of carbonyl (C=O) groups excluding carboxylic acids is 1. The molecule has 0 saturated heterocycles. The highest BCUT2D eigenvalue weighted by Crippen LogP contribution is 2.30. The quantitative estimate of drug-likeness (QED) is 0.899. The van der Waals surface area contributed by atoms with E-state index < -0.39 is 0 Å². The van der Waals surface area contributed by atoms with Crippen molar-refractivity contribution >= 4 is 27.5 Å². The zero-order valence-electron chi connectivity index (χ0n) is 10.7. The predicted octanol–water partition coefficient (Wildman–Crippen LogP) is 2.65. The molecule has 0 spiro atoms. The molecule has 2 rings (SSSR count). The normalized spacial score (nSPS) is 21.7. The standard InChI is InChI=1S/C14H16BrN3O/c1-17-14(19)11-3-2-4-13(11)18-12-6-5-10(15)7-9(12)8-16/h5-7,11,13,18H,2-4H2,1H3,(H,17,19)/t11-,13+/m0/s1. The van der Waals surface area contributed by atoms with E-state index in [0.717, 1.165) is 29.4 Å². The van der Waals surface area contributed by atoms with Crippen LogP contribution in [0.1, 0.15) is 24.8 Å². The van der Waals surface area contributed by atoms with Gasteiger partial charge in [0.25, 0.3) is 0 Å². The van der Waals surface area contributed by atoms with Crippen molar-refractivity contribution in [3.8, 4) is 6.07 Å². The molecule has 2 N–H and O–H groups in total. The SMILES string of the molecule is CNC(=O)[C@H]1CCC[C@H]1Nc1ccc(Br)cc1C#N. The number of benzene rings is 1. The van der Waals surface area contributed by atoms with E-state index in [9.17, 15) is 4.79 Å². The molecule has 0 heterocycles. The van der Waals surface area contributed by atoms with Gasteiger partial charge in [-0.05, 0) is 31.0 Å². The number of nitrogens with zero attached hydrogens (tertiary/aromatic N) is 1. The van der Waals surface area contributed by atoms with E-state index in [1.807, 2.05) is 12.1 Å². The van der Waals surface area contributed by atoms with E-state index in [-0.39, 0.29) is 17.9 Å². The van der Waals surface area contributed by atoms with Crippen LogP contribution in [0.2, 0.25) is 0 Å². The van der Waals surface area contributed by atoms with Crippen molar-refractivity contribution in [3.05, 3.63) is 28.2 Å². The average Bonchev–Trinajstić information content (AvgIpc) is 2.88. The van der Waals surface area contributed by atoms with Gasteiger partial charge in [-0.2, -0.15) is 5.26 Å². The summed E-state index contributed by atoms with van der Waals surface area (Å²) in [5, 5.41) is 15.2. The van der Waals surface area contributed by atoms with Crippen LogP contribution in [0, 0.1) is 17.2 Å². The fourth-order valence-electron chi connectivity index (χ4n) is 2.57. The van der Waals surface area contributed by atoms with E-state index >= 15 is 0 Å². The molecule has 0 radical (unpaired) electrons. The molecule has 2 atom stereocenters. The fraction of sp³-hybridized carbons (Fsp3) is 0.429. The molecular weight excluding hydrogens is 306 g/mol. The van der Waals surface area contributed by atoms with Crippen molar-refractivity contribution in [2.75, 3.05) is 12.4 Å². The fourth-order valence-corrected chi connectivity index (χ4v) is 2.93. The second-order valence-electron chi connectivity index (χ2n) is 4.70. The van der Waals surface area contributed by atoms with Gasteiger partial charge >= 0.3 is 0 Å². The van der Waals surface area contributed by atoms with Crippen LogP contribution in [-0.2, 0) is 4.79 Å². The third kappa shape index (κ3) is 3.07. The number of nitrogens with one attached hydrogen (secondary N) is 2. The van der Waals surface area contributed by atoms with Crippen LogP contribution in [-0.4, -0.2) is 19.0 Å². The van der Waals surface area contributed by atoms with E-state index in [0.29, 0.717) is 5.56 Å². The lowest BCUT2D eigenvalue weighted by Crippen LogP contribution is -2.36. The van der Waals surface area contributed by atoms with Crippen LogP contribution < -0.4 is 10.6 Å². The number of halogens is 1. The van der Waals surface area contributed by atoms with Crippen molar-refractivity contribution in [2.24, 2.45) is 5.92 Å². The number of carbonyl (C=O) groups is 1. The summed E-state index contributed by atoms with van der Waals surface area (Å²) >= 11 is 3.35. The minimum absolute atomic E-state index is 0.0137. The molecule has 0 bridgehead atoms. The highest BCUT2D eigenvalue weighted by molar-refractivity contribution is 9.10. The summed E-state index contributed by atoms with van der Waals surface area (Å²) in [4.78, 5) is 11.8. The smallest absolute Gasteiger partial charge is 0.224 e. The highest BCUT2D eigenvalue weighted by Gasteiger charge is 2.32. The maximum Gasteiger partial charge on any atom is 0.224 e. The van der Waals surface area contributed by atoms with E-state index in [2.05, 4.69) is 32.6 Å². The summed E-state index contributed by atoms with van der Waals surface area (Å²) in [6.45, 7) is 0. The molecule has 1 aliphatic rings. The van der Waals surface area contributed by atoms with Crippen molar-refractivity contribution in [1.29, 1.82) is 5.26 Å². The molecule has 100 valence electrons. The van der Waals surface area contributed by atoms with Crippen LogP contribution in [0.25, 0.3) is 0 Å². The zero-order chi connectivity index (χ0) is 13.8. The topological polar surface area (TPSA) is 64.9 Å². The summed E-state index contributed by atoms with van der Waals surface area (Å²) in [5.74, 6) is 0.0609. The van der Waals surface area contributed by atoms with Gasteiger partial charge in [0.05, 0.1) is 17.2 Å². The van der Waals surface area contributed by atoms with Crippen molar-refractivity contribution in [3.63, 3.8) is 0 Å². The second kappa shape index (κ2) is 6.07. The van der Waals surface area contributed by atoms with E-state index in [1.54, 1.807) is 13.1 Å². The van der Waals surface area contributed by atoms with Gasteiger partial charge in [0.1, 0.15) is 6.07 Å². The van der Waals surface area contributed by atoms with E-state index in [4.69, 9.17) is 5.26 Å². The van der Waals surface area contributed by atoms with Gasteiger partial charge in [-0.25, -0.2) is 0 Å². The minimum atomic E-state index is -0.0137.